The Kier molecular flexibility index (Phi) is 7.26. The normalized spacial score (nSPS) is 15.2. The van der Waals surface area contributed by atoms with Gasteiger partial charge in [0.05, 0.1) is 45.3 Å². The van der Waals surface area contributed by atoms with Gasteiger partial charge in [-0.1, -0.05) is 0 Å². The third-order valence-corrected chi connectivity index (χ3v) is 5.88. The van der Waals surface area contributed by atoms with E-state index in [1.54, 1.807) is 41.3 Å². The van der Waals surface area contributed by atoms with Gasteiger partial charge in [-0.3, -0.25) is 9.59 Å². The van der Waals surface area contributed by atoms with Gasteiger partial charge < -0.3 is 24.4 Å². The molecule has 1 unspecified atom stereocenters. The van der Waals surface area contributed by atoms with Gasteiger partial charge in [-0.2, -0.15) is 5.26 Å². The quantitative estimate of drug-likeness (QED) is 0.705. The van der Waals surface area contributed by atoms with Gasteiger partial charge in [-0.15, -0.1) is 11.8 Å². The molecule has 1 aliphatic rings. The van der Waals surface area contributed by atoms with E-state index >= 15 is 0 Å². The summed E-state index contributed by atoms with van der Waals surface area (Å²) in [7, 11) is 4.55. The second-order valence-corrected chi connectivity index (χ2v) is 7.77. The number of thioether (sulfide) groups is 1. The molecule has 3 rings (SSSR count). The van der Waals surface area contributed by atoms with E-state index in [0.29, 0.717) is 45.7 Å². The Morgan fingerprint density at radius 2 is 1.77 bits per heavy atom. The summed E-state index contributed by atoms with van der Waals surface area (Å²) in [4.78, 5) is 27.4. The van der Waals surface area contributed by atoms with Crippen LogP contribution >= 0.6 is 11.8 Å². The largest absolute Gasteiger partial charge is 0.493 e. The molecule has 9 heteroatoms. The number of nitriles is 1. The summed E-state index contributed by atoms with van der Waals surface area (Å²) in [5, 5.41) is 11.7. The van der Waals surface area contributed by atoms with Crippen LogP contribution in [0.25, 0.3) is 0 Å². The lowest BCUT2D eigenvalue weighted by Crippen LogP contribution is -2.45. The highest BCUT2D eigenvalue weighted by Gasteiger charge is 2.34. The van der Waals surface area contributed by atoms with E-state index in [2.05, 4.69) is 5.32 Å². The number of nitrogens with one attached hydrogen (secondary N) is 1. The number of rotatable bonds is 7. The fourth-order valence-electron chi connectivity index (χ4n) is 3.27. The highest BCUT2D eigenvalue weighted by Crippen LogP contribution is 2.38. The fourth-order valence-corrected chi connectivity index (χ4v) is 4.45. The van der Waals surface area contributed by atoms with Crippen LogP contribution in [0.3, 0.4) is 0 Å². The summed E-state index contributed by atoms with van der Waals surface area (Å²) in [6.45, 7) is 0. The van der Waals surface area contributed by atoms with E-state index in [1.807, 2.05) is 6.07 Å². The number of hydrogen-bond acceptors (Lipinski definition) is 7. The maximum absolute atomic E-state index is 13.0. The highest BCUT2D eigenvalue weighted by molar-refractivity contribution is 7.99. The van der Waals surface area contributed by atoms with Gasteiger partial charge in [0.2, 0.25) is 17.6 Å². The third-order valence-electron chi connectivity index (χ3n) is 4.87. The van der Waals surface area contributed by atoms with Crippen LogP contribution in [0.15, 0.2) is 36.4 Å². The van der Waals surface area contributed by atoms with Crippen molar-refractivity contribution in [2.75, 3.05) is 38.3 Å². The highest BCUT2D eigenvalue weighted by atomic mass is 32.2. The van der Waals surface area contributed by atoms with E-state index in [0.717, 1.165) is 0 Å². The molecule has 8 nitrogen and oxygen atoms in total. The minimum Gasteiger partial charge on any atom is -0.493 e. The molecular weight excluding hydrogens is 418 g/mol. The number of benzene rings is 2. The van der Waals surface area contributed by atoms with Crippen molar-refractivity contribution in [3.63, 3.8) is 0 Å². The second kappa shape index (κ2) is 10.1. The third kappa shape index (κ3) is 5.03. The minimum atomic E-state index is -0.574. The second-order valence-electron chi connectivity index (χ2n) is 6.77. The molecule has 0 aromatic heterocycles. The van der Waals surface area contributed by atoms with Crippen molar-refractivity contribution in [1.82, 2.24) is 4.90 Å². The molecule has 1 saturated heterocycles. The van der Waals surface area contributed by atoms with Crippen LogP contribution in [0.5, 0.6) is 17.2 Å². The molecule has 0 bridgehead atoms. The zero-order valence-corrected chi connectivity index (χ0v) is 18.3. The van der Waals surface area contributed by atoms with Crippen LogP contribution < -0.4 is 19.5 Å². The summed E-state index contributed by atoms with van der Waals surface area (Å²) >= 11 is 1.53. The van der Waals surface area contributed by atoms with Crippen LogP contribution in [0, 0.1) is 11.3 Å². The van der Waals surface area contributed by atoms with Crippen molar-refractivity contribution in [2.45, 2.75) is 12.5 Å². The fraction of sp³-hybridized carbons (Fsp3) is 0.318. The van der Waals surface area contributed by atoms with E-state index in [-0.39, 0.29) is 18.2 Å². The zero-order chi connectivity index (χ0) is 22.4. The van der Waals surface area contributed by atoms with Crippen molar-refractivity contribution in [2.24, 2.45) is 0 Å². The van der Waals surface area contributed by atoms with Gasteiger partial charge in [0.15, 0.2) is 11.5 Å². The van der Waals surface area contributed by atoms with Crippen LogP contribution in [-0.2, 0) is 16.0 Å². The molecule has 1 heterocycles. The number of nitrogens with zero attached hydrogens (tertiary/aromatic N) is 2. The van der Waals surface area contributed by atoms with Crippen LogP contribution in [-0.4, -0.2) is 55.7 Å². The van der Waals surface area contributed by atoms with E-state index in [4.69, 9.17) is 19.5 Å². The molecule has 1 N–H and O–H groups in total. The molecule has 0 radical (unpaired) electrons. The lowest BCUT2D eigenvalue weighted by Gasteiger charge is -2.23. The molecular formula is C22H23N3O5S. The Balaban J connectivity index is 1.72. The minimum absolute atomic E-state index is 0.0952. The number of carbonyl (C=O) groups excluding carboxylic acids is 2. The standard InChI is InChI=1S/C22H23N3O5S/c1-28-18-8-15(9-19(29-2)21(18)30-3)10-20(26)25-13-31-12-17(25)22(27)24-16-6-4-14(11-23)5-7-16/h4-9,17H,10,12-13H2,1-3H3,(H,24,27). The average molecular weight is 442 g/mol. The Morgan fingerprint density at radius 3 is 2.32 bits per heavy atom. The lowest BCUT2D eigenvalue weighted by atomic mass is 10.1. The number of amides is 2. The van der Waals surface area contributed by atoms with Gasteiger partial charge in [-0.05, 0) is 42.0 Å². The first-order chi connectivity index (χ1) is 15.0. The summed E-state index contributed by atoms with van der Waals surface area (Å²) in [6, 6.07) is 11.5. The Morgan fingerprint density at radius 1 is 1.13 bits per heavy atom. The van der Waals surface area contributed by atoms with E-state index in [9.17, 15) is 9.59 Å². The van der Waals surface area contributed by atoms with Crippen molar-refractivity contribution < 1.29 is 23.8 Å². The predicted molar refractivity (Wildman–Crippen MR) is 118 cm³/mol. The number of ether oxygens (including phenoxy) is 3. The summed E-state index contributed by atoms with van der Waals surface area (Å²) in [6.07, 6.45) is 0.0952. The number of methoxy groups -OCH3 is 3. The molecule has 0 saturated carbocycles. The van der Waals surface area contributed by atoms with Gasteiger partial charge in [0, 0.05) is 11.4 Å². The van der Waals surface area contributed by atoms with Crippen LogP contribution in [0.1, 0.15) is 11.1 Å². The van der Waals surface area contributed by atoms with Gasteiger partial charge >= 0.3 is 0 Å². The predicted octanol–water partition coefficient (Wildman–Crippen LogP) is 2.67. The van der Waals surface area contributed by atoms with Crippen molar-refractivity contribution >= 4 is 29.3 Å². The van der Waals surface area contributed by atoms with Crippen molar-refractivity contribution in [3.05, 3.63) is 47.5 Å². The zero-order valence-electron chi connectivity index (χ0n) is 17.5. The molecule has 1 atom stereocenters. The summed E-state index contributed by atoms with van der Waals surface area (Å²) < 4.78 is 16.0. The van der Waals surface area contributed by atoms with Crippen LogP contribution in [0.2, 0.25) is 0 Å². The molecule has 162 valence electrons. The first kappa shape index (κ1) is 22.3. The summed E-state index contributed by atoms with van der Waals surface area (Å²) in [5.74, 6) is 1.92. The monoisotopic (exact) mass is 441 g/mol. The number of hydrogen-bond donors (Lipinski definition) is 1. The van der Waals surface area contributed by atoms with Crippen molar-refractivity contribution in [1.29, 1.82) is 5.26 Å². The number of carbonyl (C=O) groups is 2. The molecule has 2 aromatic carbocycles. The number of anilines is 1. The van der Waals surface area contributed by atoms with Gasteiger partial charge in [-0.25, -0.2) is 0 Å². The smallest absolute Gasteiger partial charge is 0.248 e. The van der Waals surface area contributed by atoms with Gasteiger partial charge in [0.25, 0.3) is 0 Å². The SMILES string of the molecule is COc1cc(CC(=O)N2CSCC2C(=O)Nc2ccc(C#N)cc2)cc(OC)c1OC. The van der Waals surface area contributed by atoms with E-state index in [1.165, 1.54) is 33.1 Å². The summed E-state index contributed by atoms with van der Waals surface area (Å²) in [5.41, 5.74) is 1.79. The molecule has 0 spiro atoms. The Labute approximate surface area is 185 Å². The molecule has 31 heavy (non-hydrogen) atoms. The van der Waals surface area contributed by atoms with E-state index < -0.39 is 6.04 Å². The van der Waals surface area contributed by atoms with Crippen molar-refractivity contribution in [3.8, 4) is 23.3 Å². The molecule has 2 amide bonds. The molecule has 0 aliphatic carbocycles. The maximum Gasteiger partial charge on any atom is 0.248 e. The topological polar surface area (TPSA) is 101 Å². The first-order valence-electron chi connectivity index (χ1n) is 9.47. The lowest BCUT2D eigenvalue weighted by molar-refractivity contribution is -0.135. The average Bonchev–Trinajstić information content (AvgIpc) is 3.29. The molecule has 1 aliphatic heterocycles. The van der Waals surface area contributed by atoms with Gasteiger partial charge in [0.1, 0.15) is 6.04 Å². The first-order valence-corrected chi connectivity index (χ1v) is 10.6. The Bertz CT molecular complexity index is 978. The van der Waals surface area contributed by atoms with Crippen LogP contribution in [0.4, 0.5) is 5.69 Å². The molecule has 2 aromatic rings. The molecule has 1 fully saturated rings. The Hall–Kier alpha value is -3.38. The maximum atomic E-state index is 13.0.